The number of nitrogens with zero attached hydrogens (tertiary/aromatic N) is 1. The summed E-state index contributed by atoms with van der Waals surface area (Å²) in [6.45, 7) is 4.27. The quantitative estimate of drug-likeness (QED) is 0.721. The van der Waals surface area contributed by atoms with E-state index in [2.05, 4.69) is 48.4 Å². The average Bonchev–Trinajstić information content (AvgIpc) is 2.47. The molecule has 0 saturated carbocycles. The maximum Gasteiger partial charge on any atom is 0.152 e. The van der Waals surface area contributed by atoms with Crippen molar-refractivity contribution < 1.29 is 0 Å². The Morgan fingerprint density at radius 3 is 2.60 bits per heavy atom. The Morgan fingerprint density at radius 1 is 1.20 bits per heavy atom. The molecule has 0 fully saturated rings. The second-order valence-corrected chi connectivity index (χ2v) is 5.40. The van der Waals surface area contributed by atoms with Crippen molar-refractivity contribution in [1.29, 1.82) is 0 Å². The SMILES string of the molecule is CCCCC(Nc1c(C)ccnc1Cl)c1ccccc1. The normalized spacial score (nSPS) is 12.2. The predicted molar refractivity (Wildman–Crippen MR) is 86.3 cm³/mol. The molecule has 1 atom stereocenters. The second-order valence-electron chi connectivity index (χ2n) is 5.04. The molecule has 3 heteroatoms. The van der Waals surface area contributed by atoms with Crippen molar-refractivity contribution in [2.75, 3.05) is 5.32 Å². The summed E-state index contributed by atoms with van der Waals surface area (Å²) < 4.78 is 0. The molecule has 0 aliphatic rings. The van der Waals surface area contributed by atoms with Crippen LogP contribution in [0.15, 0.2) is 42.6 Å². The summed E-state index contributed by atoms with van der Waals surface area (Å²) in [7, 11) is 0. The summed E-state index contributed by atoms with van der Waals surface area (Å²) in [5.41, 5.74) is 3.36. The van der Waals surface area contributed by atoms with Crippen LogP contribution in [-0.2, 0) is 0 Å². The van der Waals surface area contributed by atoms with E-state index in [9.17, 15) is 0 Å². The molecule has 0 aliphatic heterocycles. The zero-order valence-corrected chi connectivity index (χ0v) is 12.8. The molecule has 106 valence electrons. The molecule has 0 radical (unpaired) electrons. The van der Waals surface area contributed by atoms with Crippen LogP contribution in [0.3, 0.4) is 0 Å². The van der Waals surface area contributed by atoms with Gasteiger partial charge >= 0.3 is 0 Å². The Labute approximate surface area is 126 Å². The van der Waals surface area contributed by atoms with Crippen molar-refractivity contribution in [3.05, 3.63) is 58.9 Å². The van der Waals surface area contributed by atoms with E-state index in [-0.39, 0.29) is 6.04 Å². The third kappa shape index (κ3) is 3.73. The predicted octanol–water partition coefficient (Wildman–Crippen LogP) is 5.39. The molecule has 20 heavy (non-hydrogen) atoms. The first-order valence-electron chi connectivity index (χ1n) is 7.15. The Bertz CT molecular complexity index is 520. The van der Waals surface area contributed by atoms with Gasteiger partial charge in [-0.05, 0) is 30.5 Å². The Hall–Kier alpha value is -1.54. The van der Waals surface area contributed by atoms with Gasteiger partial charge in [-0.1, -0.05) is 61.7 Å². The Kier molecular flexibility index (Phi) is 5.42. The van der Waals surface area contributed by atoms with Crippen LogP contribution < -0.4 is 5.32 Å². The van der Waals surface area contributed by atoms with Gasteiger partial charge in [0.05, 0.1) is 11.7 Å². The number of rotatable bonds is 6. The van der Waals surface area contributed by atoms with Gasteiger partial charge in [0.15, 0.2) is 5.15 Å². The van der Waals surface area contributed by atoms with Crippen LogP contribution in [0.5, 0.6) is 0 Å². The van der Waals surface area contributed by atoms with Gasteiger partial charge in [0.1, 0.15) is 0 Å². The molecule has 0 aliphatic carbocycles. The topological polar surface area (TPSA) is 24.9 Å². The lowest BCUT2D eigenvalue weighted by molar-refractivity contribution is 0.634. The molecule has 0 spiro atoms. The summed E-state index contributed by atoms with van der Waals surface area (Å²) in [5, 5.41) is 4.12. The van der Waals surface area contributed by atoms with Gasteiger partial charge in [-0.2, -0.15) is 0 Å². The number of pyridine rings is 1. The number of nitrogens with one attached hydrogen (secondary N) is 1. The van der Waals surface area contributed by atoms with Gasteiger partial charge in [0, 0.05) is 6.20 Å². The Balaban J connectivity index is 2.24. The van der Waals surface area contributed by atoms with E-state index in [0.29, 0.717) is 5.15 Å². The number of unbranched alkanes of at least 4 members (excludes halogenated alkanes) is 1. The number of anilines is 1. The smallest absolute Gasteiger partial charge is 0.152 e. The molecule has 0 amide bonds. The third-order valence-electron chi connectivity index (χ3n) is 3.48. The first kappa shape index (κ1) is 14.9. The lowest BCUT2D eigenvalue weighted by Crippen LogP contribution is -2.12. The molecule has 1 aromatic carbocycles. The number of hydrogen-bond acceptors (Lipinski definition) is 2. The van der Waals surface area contributed by atoms with Gasteiger partial charge in [-0.15, -0.1) is 0 Å². The van der Waals surface area contributed by atoms with Gasteiger partial charge in [-0.3, -0.25) is 0 Å². The van der Waals surface area contributed by atoms with Crippen LogP contribution in [0, 0.1) is 6.92 Å². The minimum atomic E-state index is 0.275. The zero-order chi connectivity index (χ0) is 14.4. The number of hydrogen-bond donors (Lipinski definition) is 1. The van der Waals surface area contributed by atoms with Crippen molar-refractivity contribution >= 4 is 17.3 Å². The van der Waals surface area contributed by atoms with Crippen LogP contribution >= 0.6 is 11.6 Å². The highest BCUT2D eigenvalue weighted by Crippen LogP contribution is 2.30. The van der Waals surface area contributed by atoms with E-state index >= 15 is 0 Å². The van der Waals surface area contributed by atoms with Gasteiger partial charge in [0.2, 0.25) is 0 Å². The van der Waals surface area contributed by atoms with Crippen LogP contribution in [0.1, 0.15) is 43.4 Å². The minimum absolute atomic E-state index is 0.275. The molecule has 1 aromatic heterocycles. The minimum Gasteiger partial charge on any atom is -0.376 e. The van der Waals surface area contributed by atoms with Gasteiger partial charge < -0.3 is 5.32 Å². The molecule has 0 saturated heterocycles. The third-order valence-corrected chi connectivity index (χ3v) is 3.77. The molecular formula is C17H21ClN2. The number of aryl methyl sites for hydroxylation is 1. The van der Waals surface area contributed by atoms with Crippen molar-refractivity contribution in [3.63, 3.8) is 0 Å². The fourth-order valence-electron chi connectivity index (χ4n) is 2.29. The van der Waals surface area contributed by atoms with Crippen LogP contribution in [0.4, 0.5) is 5.69 Å². The summed E-state index contributed by atoms with van der Waals surface area (Å²) in [5.74, 6) is 0. The molecule has 1 N–H and O–H groups in total. The molecule has 2 nitrogen and oxygen atoms in total. The largest absolute Gasteiger partial charge is 0.376 e. The number of benzene rings is 1. The number of aromatic nitrogens is 1. The monoisotopic (exact) mass is 288 g/mol. The standard InChI is InChI=1S/C17H21ClN2/c1-3-4-10-15(14-8-6-5-7-9-14)20-16-13(2)11-12-19-17(16)18/h5-9,11-12,15,20H,3-4,10H2,1-2H3. The molecule has 1 unspecified atom stereocenters. The van der Waals surface area contributed by atoms with Crippen molar-refractivity contribution in [3.8, 4) is 0 Å². The molecule has 2 rings (SSSR count). The highest BCUT2D eigenvalue weighted by Gasteiger charge is 2.14. The van der Waals surface area contributed by atoms with E-state index in [1.54, 1.807) is 6.20 Å². The first-order chi connectivity index (χ1) is 9.72. The van der Waals surface area contributed by atoms with Gasteiger partial charge in [0.25, 0.3) is 0 Å². The van der Waals surface area contributed by atoms with Gasteiger partial charge in [-0.25, -0.2) is 4.98 Å². The highest BCUT2D eigenvalue weighted by atomic mass is 35.5. The first-order valence-corrected chi connectivity index (χ1v) is 7.52. The van der Waals surface area contributed by atoms with E-state index in [0.717, 1.165) is 17.7 Å². The summed E-state index contributed by atoms with van der Waals surface area (Å²) >= 11 is 6.22. The lowest BCUT2D eigenvalue weighted by atomic mass is 10.0. The fourth-order valence-corrected chi connectivity index (χ4v) is 2.55. The van der Waals surface area contributed by atoms with Crippen molar-refractivity contribution in [2.45, 2.75) is 39.2 Å². The molecule has 0 bridgehead atoms. The summed E-state index contributed by atoms with van der Waals surface area (Å²) in [6, 6.07) is 12.8. The van der Waals surface area contributed by atoms with Crippen molar-refractivity contribution in [2.24, 2.45) is 0 Å². The maximum absolute atomic E-state index is 6.22. The van der Waals surface area contributed by atoms with E-state index in [1.807, 2.05) is 12.1 Å². The fraction of sp³-hybridized carbons (Fsp3) is 0.353. The summed E-state index contributed by atoms with van der Waals surface area (Å²) in [6.07, 6.45) is 5.20. The van der Waals surface area contributed by atoms with Crippen LogP contribution in [0.25, 0.3) is 0 Å². The average molecular weight is 289 g/mol. The van der Waals surface area contributed by atoms with Crippen LogP contribution in [-0.4, -0.2) is 4.98 Å². The van der Waals surface area contributed by atoms with Crippen LogP contribution in [0.2, 0.25) is 5.15 Å². The number of halogens is 1. The molecular weight excluding hydrogens is 268 g/mol. The van der Waals surface area contributed by atoms with E-state index < -0.39 is 0 Å². The summed E-state index contributed by atoms with van der Waals surface area (Å²) in [4.78, 5) is 4.17. The lowest BCUT2D eigenvalue weighted by Gasteiger charge is -2.22. The van der Waals surface area contributed by atoms with E-state index in [1.165, 1.54) is 18.4 Å². The molecule has 1 heterocycles. The highest BCUT2D eigenvalue weighted by molar-refractivity contribution is 6.32. The second kappa shape index (κ2) is 7.30. The maximum atomic E-state index is 6.22. The zero-order valence-electron chi connectivity index (χ0n) is 12.1. The molecule has 2 aromatic rings. The van der Waals surface area contributed by atoms with E-state index in [4.69, 9.17) is 11.6 Å². The van der Waals surface area contributed by atoms with Crippen molar-refractivity contribution in [1.82, 2.24) is 4.98 Å². The Morgan fingerprint density at radius 2 is 1.95 bits per heavy atom.